The zero-order valence-corrected chi connectivity index (χ0v) is 27.4. The third kappa shape index (κ3) is 12.9. The van der Waals surface area contributed by atoms with Crippen molar-refractivity contribution in [1.82, 2.24) is 4.90 Å². The highest BCUT2D eigenvalue weighted by Gasteiger charge is 2.28. The highest BCUT2D eigenvalue weighted by Crippen LogP contribution is 2.49. The first-order valence-electron chi connectivity index (χ1n) is 15.6. The van der Waals surface area contributed by atoms with Crippen LogP contribution in [-0.4, -0.2) is 35.9 Å². The Bertz CT molecular complexity index is 1140. The molecule has 9 heteroatoms. The Morgan fingerprint density at radius 2 is 1.52 bits per heavy atom. The second kappa shape index (κ2) is 19.1. The zero-order chi connectivity index (χ0) is 30.0. The number of hydrogen-bond acceptors (Lipinski definition) is 7. The smallest absolute Gasteiger partial charge is 0.490 e. The molecule has 0 fully saturated rings. The fraction of sp³-hybridized carbons (Fsp3) is 0.576. The van der Waals surface area contributed by atoms with Gasteiger partial charge in [0.2, 0.25) is 5.75 Å². The van der Waals surface area contributed by atoms with Crippen LogP contribution >= 0.6 is 19.6 Å². The molecule has 1 aliphatic heterocycles. The molecular formula is C33H50NO6PS. The zero-order valence-electron chi connectivity index (χ0n) is 25.7. The summed E-state index contributed by atoms with van der Waals surface area (Å²) in [5.74, 6) is 2.07. The van der Waals surface area contributed by atoms with E-state index < -0.39 is 7.82 Å². The van der Waals surface area contributed by atoms with Gasteiger partial charge in [-0.2, -0.15) is 0 Å². The molecule has 2 aromatic carbocycles. The van der Waals surface area contributed by atoms with Gasteiger partial charge in [0.05, 0.1) is 19.6 Å². The second-order valence-corrected chi connectivity index (χ2v) is 13.4. The van der Waals surface area contributed by atoms with Crippen molar-refractivity contribution in [3.63, 3.8) is 0 Å². The summed E-state index contributed by atoms with van der Waals surface area (Å²) in [5, 5.41) is 0. The van der Waals surface area contributed by atoms with E-state index in [1.807, 2.05) is 23.9 Å². The molecule has 1 unspecified atom stereocenters. The van der Waals surface area contributed by atoms with E-state index in [2.05, 4.69) is 24.9 Å². The van der Waals surface area contributed by atoms with Crippen molar-refractivity contribution in [2.24, 2.45) is 0 Å². The van der Waals surface area contributed by atoms with Crippen LogP contribution in [0.4, 0.5) is 0 Å². The minimum absolute atomic E-state index is 0.0976. The third-order valence-corrected chi connectivity index (χ3v) is 9.14. The lowest BCUT2D eigenvalue weighted by atomic mass is 10.1. The molecule has 3 rings (SSSR count). The Morgan fingerprint density at radius 1 is 0.881 bits per heavy atom. The number of phosphoric acid groups is 1. The van der Waals surface area contributed by atoms with Gasteiger partial charge >= 0.3 is 7.82 Å². The molecule has 2 aromatic rings. The van der Waals surface area contributed by atoms with E-state index in [1.165, 1.54) is 76.2 Å². The molecule has 1 heterocycles. The molecule has 0 aliphatic carbocycles. The van der Waals surface area contributed by atoms with Gasteiger partial charge in [-0.3, -0.25) is 4.89 Å². The first kappa shape index (κ1) is 34.2. The molecule has 42 heavy (non-hydrogen) atoms. The van der Waals surface area contributed by atoms with Crippen LogP contribution in [0.1, 0.15) is 96.5 Å². The number of para-hydroxylation sites is 1. The summed E-state index contributed by atoms with van der Waals surface area (Å²) < 4.78 is 35.2. The van der Waals surface area contributed by atoms with E-state index >= 15 is 0 Å². The van der Waals surface area contributed by atoms with E-state index in [-0.39, 0.29) is 17.2 Å². The van der Waals surface area contributed by atoms with Crippen molar-refractivity contribution in [2.75, 3.05) is 26.1 Å². The maximum atomic E-state index is 12.9. The van der Waals surface area contributed by atoms with E-state index in [0.29, 0.717) is 12.4 Å². The Balaban J connectivity index is 1.40. The lowest BCUT2D eigenvalue weighted by molar-refractivity contribution is 0.267. The number of benzene rings is 2. The van der Waals surface area contributed by atoms with Gasteiger partial charge in [0.15, 0.2) is 11.5 Å². The number of hydrogen-bond donors (Lipinski definition) is 1. The summed E-state index contributed by atoms with van der Waals surface area (Å²) in [4.78, 5) is 14.1. The number of ether oxygens (including phenoxy) is 2. The van der Waals surface area contributed by atoms with Crippen LogP contribution in [0.2, 0.25) is 0 Å². The van der Waals surface area contributed by atoms with Crippen molar-refractivity contribution in [3.05, 3.63) is 59.1 Å². The molecule has 0 saturated heterocycles. The van der Waals surface area contributed by atoms with E-state index in [9.17, 15) is 9.46 Å². The van der Waals surface area contributed by atoms with Crippen molar-refractivity contribution in [1.29, 1.82) is 0 Å². The van der Waals surface area contributed by atoms with Crippen molar-refractivity contribution in [3.8, 4) is 23.0 Å². The molecular weight excluding hydrogens is 569 g/mol. The quantitative estimate of drug-likeness (QED) is 0.103. The molecule has 7 nitrogen and oxygen atoms in total. The van der Waals surface area contributed by atoms with Gasteiger partial charge in [0.25, 0.3) is 0 Å². The fourth-order valence-corrected chi connectivity index (χ4v) is 6.57. The van der Waals surface area contributed by atoms with Gasteiger partial charge in [0.1, 0.15) is 5.75 Å². The van der Waals surface area contributed by atoms with Crippen molar-refractivity contribution in [2.45, 2.75) is 97.3 Å². The Kier molecular flexibility index (Phi) is 15.6. The maximum Gasteiger partial charge on any atom is 0.585 e. The molecule has 0 saturated carbocycles. The summed E-state index contributed by atoms with van der Waals surface area (Å²) in [6, 6.07) is 12.3. The highest BCUT2D eigenvalue weighted by atomic mass is 32.2. The number of allylic oxidation sites excluding steroid dienone is 1. The molecule has 0 aromatic heterocycles. The normalized spacial score (nSPS) is 14.4. The first-order chi connectivity index (χ1) is 20.4. The highest BCUT2D eigenvalue weighted by molar-refractivity contribution is 8.03. The van der Waals surface area contributed by atoms with Gasteiger partial charge in [-0.25, -0.2) is 4.57 Å². The van der Waals surface area contributed by atoms with E-state index in [1.54, 1.807) is 30.3 Å². The van der Waals surface area contributed by atoms with E-state index in [4.69, 9.17) is 18.5 Å². The summed E-state index contributed by atoms with van der Waals surface area (Å²) in [6.07, 6.45) is 18.3. The van der Waals surface area contributed by atoms with Crippen LogP contribution in [0.15, 0.2) is 53.6 Å². The molecule has 0 spiro atoms. The Labute approximate surface area is 257 Å². The lowest BCUT2D eigenvalue weighted by Gasteiger charge is -2.18. The van der Waals surface area contributed by atoms with Gasteiger partial charge in [-0.15, -0.1) is 11.8 Å². The summed E-state index contributed by atoms with van der Waals surface area (Å²) in [5.41, 5.74) is 1.02. The van der Waals surface area contributed by atoms with Crippen LogP contribution in [0.25, 0.3) is 0 Å². The molecule has 0 radical (unpaired) electrons. The van der Waals surface area contributed by atoms with Crippen molar-refractivity contribution >= 4 is 19.6 Å². The largest absolute Gasteiger partial charge is 0.585 e. The first-order valence-corrected chi connectivity index (χ1v) is 18.0. The van der Waals surface area contributed by atoms with Crippen LogP contribution in [0.5, 0.6) is 23.0 Å². The Hall–Kier alpha value is -2.28. The predicted molar refractivity (Wildman–Crippen MR) is 174 cm³/mol. The van der Waals surface area contributed by atoms with Crippen LogP contribution < -0.4 is 18.5 Å². The molecule has 0 amide bonds. The van der Waals surface area contributed by atoms with Gasteiger partial charge in [-0.1, -0.05) is 95.8 Å². The minimum atomic E-state index is -4.48. The number of thioether (sulfide) groups is 1. The molecule has 1 N–H and O–H groups in total. The predicted octanol–water partition coefficient (Wildman–Crippen LogP) is 9.74. The fourth-order valence-electron chi connectivity index (χ4n) is 4.96. The van der Waals surface area contributed by atoms with Crippen LogP contribution in [-0.2, 0) is 11.0 Å². The molecule has 0 bridgehead atoms. The number of rotatable bonds is 22. The molecule has 1 atom stereocenters. The Morgan fingerprint density at radius 3 is 2.17 bits per heavy atom. The average molecular weight is 620 g/mol. The monoisotopic (exact) mass is 619 g/mol. The number of nitrogens with zero attached hydrogens (tertiary/aromatic N) is 1. The SMILES string of the molecule is CCCCCCCCCCCCCCOc1cccc(OP(=O)(O)Oc2cccc(CCN3C=C(C)SC3)c2)c1OC. The number of methoxy groups -OCH3 is 1. The van der Waals surface area contributed by atoms with E-state index in [0.717, 1.165) is 37.2 Å². The van der Waals surface area contributed by atoms with Gasteiger partial charge in [0, 0.05) is 12.7 Å². The third-order valence-electron chi connectivity index (χ3n) is 7.25. The molecule has 1 aliphatic rings. The van der Waals surface area contributed by atoms with Crippen LogP contribution in [0.3, 0.4) is 0 Å². The summed E-state index contributed by atoms with van der Waals surface area (Å²) in [6.45, 7) is 5.77. The molecule has 234 valence electrons. The topological polar surface area (TPSA) is 77.5 Å². The number of unbranched alkanes of at least 4 members (excludes halogenated alkanes) is 11. The standard InChI is InChI=1S/C33H50NO6PS/c1-4-5-6-7-8-9-10-11-12-13-14-15-24-38-31-20-17-21-32(33(31)37-3)40-41(35,36)39-30-19-16-18-29(25-30)22-23-34-26-28(2)42-27-34/h16-21,25-26H,4-15,22-24,27H2,1-3H3,(H,35,36). The maximum absolute atomic E-state index is 12.9. The van der Waals surface area contributed by atoms with Gasteiger partial charge < -0.3 is 23.4 Å². The van der Waals surface area contributed by atoms with Gasteiger partial charge in [-0.05, 0) is 54.5 Å². The minimum Gasteiger partial charge on any atom is -0.490 e. The summed E-state index contributed by atoms with van der Waals surface area (Å²) in [7, 11) is -3.00. The summed E-state index contributed by atoms with van der Waals surface area (Å²) >= 11 is 1.82. The van der Waals surface area contributed by atoms with Crippen molar-refractivity contribution < 1.29 is 28.0 Å². The van der Waals surface area contributed by atoms with Crippen LogP contribution in [0, 0.1) is 0 Å². The lowest BCUT2D eigenvalue weighted by Crippen LogP contribution is -2.16. The second-order valence-electron chi connectivity index (χ2n) is 10.9. The average Bonchev–Trinajstić information content (AvgIpc) is 3.39. The number of phosphoric ester groups is 1.